The molecule has 0 aromatic rings. The van der Waals surface area contributed by atoms with E-state index in [1.54, 1.807) is 0 Å². The van der Waals surface area contributed by atoms with Gasteiger partial charge in [-0.05, 0) is 12.8 Å². The monoisotopic (exact) mass is 313 g/mol. The molecule has 1 atom stereocenters. The first-order chi connectivity index (χ1) is 10.8. The van der Waals surface area contributed by atoms with Gasteiger partial charge >= 0.3 is 0 Å². The van der Waals surface area contributed by atoms with E-state index in [4.69, 9.17) is 0 Å². The van der Waals surface area contributed by atoms with E-state index >= 15 is 0 Å². The van der Waals surface area contributed by atoms with Gasteiger partial charge < -0.3 is 0 Å². The zero-order valence-electron chi connectivity index (χ0n) is 14.6. The number of halogens is 1. The fourth-order valence-corrected chi connectivity index (χ4v) is 2.81. The fourth-order valence-electron chi connectivity index (χ4n) is 2.81. The lowest BCUT2D eigenvalue weighted by atomic mass is 10.0. The van der Waals surface area contributed by atoms with Crippen LogP contribution < -0.4 is 0 Å². The molecule has 0 rings (SSSR count). The minimum atomic E-state index is -1.33. The lowest BCUT2D eigenvalue weighted by Crippen LogP contribution is -1.94. The highest BCUT2D eigenvalue weighted by Crippen LogP contribution is 2.14. The third-order valence-electron chi connectivity index (χ3n) is 4.24. The fraction of sp³-hybridized carbons (Fsp3) is 0.947. The van der Waals surface area contributed by atoms with Crippen LogP contribution in [0.3, 0.4) is 0 Å². The molecule has 0 aromatic heterocycles. The first-order valence-electron chi connectivity index (χ1n) is 9.52. The maximum atomic E-state index is 12.8. The van der Waals surface area contributed by atoms with Crippen LogP contribution in [0.1, 0.15) is 110 Å². The van der Waals surface area contributed by atoms with Gasteiger partial charge in [-0.15, -0.1) is 0 Å². The van der Waals surface area contributed by atoms with Gasteiger partial charge in [-0.2, -0.15) is 4.99 Å². The van der Waals surface area contributed by atoms with E-state index in [9.17, 15) is 9.18 Å². The van der Waals surface area contributed by atoms with Gasteiger partial charge in [-0.25, -0.2) is 9.18 Å². The number of hydrogen-bond acceptors (Lipinski definition) is 2. The molecule has 0 bridgehead atoms. The van der Waals surface area contributed by atoms with Crippen LogP contribution in [-0.4, -0.2) is 12.4 Å². The van der Waals surface area contributed by atoms with Gasteiger partial charge in [-0.3, -0.25) is 0 Å². The molecule has 0 fully saturated rings. The maximum absolute atomic E-state index is 12.8. The van der Waals surface area contributed by atoms with Gasteiger partial charge in [0.15, 0.2) is 0 Å². The Morgan fingerprint density at radius 3 is 1.45 bits per heavy atom. The largest absolute Gasteiger partial charge is 0.237 e. The molecule has 0 radical (unpaired) electrons. The number of carbonyl (C=O) groups excluding carboxylic acids is 1. The Bertz CT molecular complexity index is 264. The summed E-state index contributed by atoms with van der Waals surface area (Å²) in [6.45, 7) is 2.26. The Kier molecular flexibility index (Phi) is 17.8. The Morgan fingerprint density at radius 2 is 1.09 bits per heavy atom. The Balaban J connectivity index is 3.04. The predicted molar refractivity (Wildman–Crippen MR) is 92.6 cm³/mol. The van der Waals surface area contributed by atoms with Crippen molar-refractivity contribution < 1.29 is 9.18 Å². The van der Waals surface area contributed by atoms with E-state index in [0.717, 1.165) is 12.8 Å². The topological polar surface area (TPSA) is 29.4 Å². The van der Waals surface area contributed by atoms with Crippen LogP contribution in [0.25, 0.3) is 0 Å². The zero-order valence-corrected chi connectivity index (χ0v) is 14.6. The van der Waals surface area contributed by atoms with E-state index in [2.05, 4.69) is 11.9 Å². The van der Waals surface area contributed by atoms with Crippen molar-refractivity contribution in [2.75, 3.05) is 0 Å². The first-order valence-corrected chi connectivity index (χ1v) is 9.52. The molecule has 0 aromatic carbocycles. The van der Waals surface area contributed by atoms with Crippen molar-refractivity contribution in [3.63, 3.8) is 0 Å². The molecule has 0 aliphatic carbocycles. The average Bonchev–Trinajstić information content (AvgIpc) is 2.51. The number of rotatable bonds is 17. The Labute approximate surface area is 137 Å². The molecule has 2 nitrogen and oxygen atoms in total. The second kappa shape index (κ2) is 18.4. The summed E-state index contributed by atoms with van der Waals surface area (Å²) in [5, 5.41) is 0. The summed E-state index contributed by atoms with van der Waals surface area (Å²) in [5.41, 5.74) is 0. The second-order valence-electron chi connectivity index (χ2n) is 6.39. The summed E-state index contributed by atoms with van der Waals surface area (Å²) in [4.78, 5) is 12.9. The summed E-state index contributed by atoms with van der Waals surface area (Å²) in [6, 6.07) is 0. The van der Waals surface area contributed by atoms with Crippen LogP contribution in [0, 0.1) is 0 Å². The van der Waals surface area contributed by atoms with Crippen LogP contribution in [0.5, 0.6) is 0 Å². The SMILES string of the molecule is CCCCCCCCCCCCCCCCCC(F)N=C=O. The standard InChI is InChI=1S/C19H36FNO/c1-2-3-4-5-6-7-8-9-10-11-12-13-14-15-16-17-19(20)21-18-22/h19H,2-17H2,1H3. The molecular formula is C19H36FNO. The van der Waals surface area contributed by atoms with Crippen LogP contribution in [0.15, 0.2) is 4.99 Å². The summed E-state index contributed by atoms with van der Waals surface area (Å²) >= 11 is 0. The third kappa shape index (κ3) is 17.4. The molecule has 0 heterocycles. The van der Waals surface area contributed by atoms with Crippen LogP contribution in [0.2, 0.25) is 0 Å². The number of alkyl halides is 1. The number of isocyanates is 1. The molecule has 0 saturated carbocycles. The van der Waals surface area contributed by atoms with Gasteiger partial charge in [-0.1, -0.05) is 96.8 Å². The van der Waals surface area contributed by atoms with Gasteiger partial charge in [0, 0.05) is 0 Å². The summed E-state index contributed by atoms with van der Waals surface area (Å²) < 4.78 is 12.8. The molecule has 0 saturated heterocycles. The van der Waals surface area contributed by atoms with Crippen LogP contribution >= 0.6 is 0 Å². The molecule has 1 unspecified atom stereocenters. The summed E-state index contributed by atoms with van der Waals surface area (Å²) in [7, 11) is 0. The van der Waals surface area contributed by atoms with E-state index in [-0.39, 0.29) is 0 Å². The molecule has 0 spiro atoms. The normalized spacial score (nSPS) is 12.1. The number of nitrogens with zero attached hydrogens (tertiary/aromatic N) is 1. The van der Waals surface area contributed by atoms with E-state index in [1.807, 2.05) is 0 Å². The predicted octanol–water partition coefficient (Wildman–Crippen LogP) is 6.88. The number of aliphatic imine (C=N–C) groups is 1. The number of hydrogen-bond donors (Lipinski definition) is 0. The third-order valence-corrected chi connectivity index (χ3v) is 4.24. The van der Waals surface area contributed by atoms with Crippen LogP contribution in [0.4, 0.5) is 4.39 Å². The van der Waals surface area contributed by atoms with Crippen molar-refractivity contribution in [1.82, 2.24) is 0 Å². The van der Waals surface area contributed by atoms with Gasteiger partial charge in [0.2, 0.25) is 12.4 Å². The molecule has 0 amide bonds. The Morgan fingerprint density at radius 1 is 0.727 bits per heavy atom. The van der Waals surface area contributed by atoms with Crippen molar-refractivity contribution in [3.05, 3.63) is 0 Å². The van der Waals surface area contributed by atoms with E-state index in [0.29, 0.717) is 6.42 Å². The average molecular weight is 314 g/mol. The molecule has 130 valence electrons. The zero-order chi connectivity index (χ0) is 16.3. The molecular weight excluding hydrogens is 277 g/mol. The minimum absolute atomic E-state index is 0.369. The molecule has 3 heteroatoms. The van der Waals surface area contributed by atoms with Crippen molar-refractivity contribution in [3.8, 4) is 0 Å². The highest BCUT2D eigenvalue weighted by atomic mass is 19.1. The van der Waals surface area contributed by atoms with Crippen LogP contribution in [-0.2, 0) is 4.79 Å². The summed E-state index contributed by atoms with van der Waals surface area (Å²) in [6.07, 6.45) is 19.8. The lowest BCUT2D eigenvalue weighted by Gasteiger charge is -2.03. The smallest absolute Gasteiger partial charge is 0.221 e. The van der Waals surface area contributed by atoms with Crippen molar-refractivity contribution in [2.24, 2.45) is 4.99 Å². The number of unbranched alkanes of at least 4 members (excludes halogenated alkanes) is 14. The van der Waals surface area contributed by atoms with Gasteiger partial charge in [0.1, 0.15) is 0 Å². The lowest BCUT2D eigenvalue weighted by molar-refractivity contribution is 0.315. The van der Waals surface area contributed by atoms with Gasteiger partial charge in [0.05, 0.1) is 0 Å². The summed E-state index contributed by atoms with van der Waals surface area (Å²) in [5.74, 6) is 0. The first kappa shape index (κ1) is 21.3. The van der Waals surface area contributed by atoms with E-state index in [1.165, 1.54) is 89.6 Å². The molecule has 0 aliphatic rings. The molecule has 0 N–H and O–H groups in total. The quantitative estimate of drug-likeness (QED) is 0.124. The highest BCUT2D eigenvalue weighted by molar-refractivity contribution is 5.33. The molecule has 22 heavy (non-hydrogen) atoms. The van der Waals surface area contributed by atoms with Gasteiger partial charge in [0.25, 0.3) is 0 Å². The van der Waals surface area contributed by atoms with Crippen molar-refractivity contribution >= 4 is 6.08 Å². The van der Waals surface area contributed by atoms with Crippen molar-refractivity contribution in [2.45, 2.75) is 116 Å². The highest BCUT2D eigenvalue weighted by Gasteiger charge is 2.02. The Hall–Kier alpha value is -0.690. The molecule has 0 aliphatic heterocycles. The van der Waals surface area contributed by atoms with Crippen molar-refractivity contribution in [1.29, 1.82) is 0 Å². The van der Waals surface area contributed by atoms with E-state index < -0.39 is 6.30 Å². The second-order valence-corrected chi connectivity index (χ2v) is 6.39. The minimum Gasteiger partial charge on any atom is -0.221 e. The maximum Gasteiger partial charge on any atom is 0.237 e.